The fourth-order valence-corrected chi connectivity index (χ4v) is 1.86. The van der Waals surface area contributed by atoms with E-state index in [0.29, 0.717) is 29.2 Å². The molecule has 0 amide bonds. The highest BCUT2D eigenvalue weighted by atomic mass is 16.4. The van der Waals surface area contributed by atoms with E-state index < -0.39 is 5.97 Å². The molecule has 2 aromatic rings. The second-order valence-electron chi connectivity index (χ2n) is 3.88. The SMILES string of the molecule is O=Cc1cc(CCC(=O)O)c2cccnc2c1O. The van der Waals surface area contributed by atoms with Gasteiger partial charge in [0.05, 0.1) is 5.56 Å². The van der Waals surface area contributed by atoms with Gasteiger partial charge in [-0.05, 0) is 24.1 Å². The molecule has 0 spiro atoms. The number of hydrogen-bond donors (Lipinski definition) is 2. The summed E-state index contributed by atoms with van der Waals surface area (Å²) < 4.78 is 0. The minimum absolute atomic E-state index is 0.0347. The number of carbonyl (C=O) groups excluding carboxylic acids is 1. The molecule has 5 heteroatoms. The molecule has 0 saturated heterocycles. The summed E-state index contributed by atoms with van der Waals surface area (Å²) in [6, 6.07) is 4.95. The molecule has 0 unspecified atom stereocenters. The van der Waals surface area contributed by atoms with Crippen LogP contribution in [-0.2, 0) is 11.2 Å². The molecule has 0 atom stereocenters. The Morgan fingerprint density at radius 2 is 2.22 bits per heavy atom. The Hall–Kier alpha value is -2.43. The lowest BCUT2D eigenvalue weighted by Crippen LogP contribution is -1.99. The monoisotopic (exact) mass is 245 g/mol. The van der Waals surface area contributed by atoms with Crippen LogP contribution in [0.3, 0.4) is 0 Å². The molecule has 0 aliphatic carbocycles. The molecule has 0 aliphatic heterocycles. The largest absolute Gasteiger partial charge is 0.505 e. The molecule has 5 nitrogen and oxygen atoms in total. The second kappa shape index (κ2) is 4.83. The number of nitrogens with zero attached hydrogens (tertiary/aromatic N) is 1. The van der Waals surface area contributed by atoms with Crippen molar-refractivity contribution in [3.8, 4) is 5.75 Å². The van der Waals surface area contributed by atoms with Gasteiger partial charge in [-0.25, -0.2) is 0 Å². The molecule has 0 radical (unpaired) electrons. The number of rotatable bonds is 4. The molecule has 0 bridgehead atoms. The van der Waals surface area contributed by atoms with Gasteiger partial charge in [0.1, 0.15) is 5.52 Å². The fraction of sp³-hybridized carbons (Fsp3) is 0.154. The van der Waals surface area contributed by atoms with Crippen LogP contribution in [-0.4, -0.2) is 27.5 Å². The average Bonchev–Trinajstić information content (AvgIpc) is 2.38. The van der Waals surface area contributed by atoms with Crippen LogP contribution in [0.25, 0.3) is 10.9 Å². The van der Waals surface area contributed by atoms with Crippen LogP contribution >= 0.6 is 0 Å². The number of benzene rings is 1. The first-order valence-electron chi connectivity index (χ1n) is 5.40. The Morgan fingerprint density at radius 1 is 1.44 bits per heavy atom. The van der Waals surface area contributed by atoms with Gasteiger partial charge in [-0.15, -0.1) is 0 Å². The molecule has 0 saturated carbocycles. The number of carboxylic acid groups (broad SMARTS) is 1. The van der Waals surface area contributed by atoms with Gasteiger partial charge in [0.25, 0.3) is 0 Å². The number of aromatic hydroxyl groups is 1. The summed E-state index contributed by atoms with van der Waals surface area (Å²) in [4.78, 5) is 25.5. The Morgan fingerprint density at radius 3 is 2.89 bits per heavy atom. The first kappa shape index (κ1) is 12.0. The van der Waals surface area contributed by atoms with Gasteiger partial charge in [0, 0.05) is 18.0 Å². The second-order valence-corrected chi connectivity index (χ2v) is 3.88. The van der Waals surface area contributed by atoms with E-state index in [1.165, 1.54) is 12.3 Å². The van der Waals surface area contributed by atoms with Gasteiger partial charge in [-0.2, -0.15) is 0 Å². The van der Waals surface area contributed by atoms with Gasteiger partial charge >= 0.3 is 5.97 Å². The van der Waals surface area contributed by atoms with Crippen LogP contribution in [0.1, 0.15) is 22.3 Å². The number of pyridine rings is 1. The first-order valence-corrected chi connectivity index (χ1v) is 5.40. The van der Waals surface area contributed by atoms with Crippen molar-refractivity contribution in [2.45, 2.75) is 12.8 Å². The summed E-state index contributed by atoms with van der Waals surface area (Å²) in [6.45, 7) is 0. The number of carboxylic acids is 1. The zero-order valence-corrected chi connectivity index (χ0v) is 9.46. The summed E-state index contributed by atoms with van der Waals surface area (Å²) in [6.07, 6.45) is 2.30. The summed E-state index contributed by atoms with van der Waals surface area (Å²) >= 11 is 0. The van der Waals surface area contributed by atoms with Crippen molar-refractivity contribution in [2.24, 2.45) is 0 Å². The Labute approximate surface area is 103 Å². The molecular formula is C13H11NO4. The molecule has 0 fully saturated rings. The molecule has 2 N–H and O–H groups in total. The van der Waals surface area contributed by atoms with Crippen molar-refractivity contribution in [3.05, 3.63) is 35.5 Å². The number of hydrogen-bond acceptors (Lipinski definition) is 4. The Kier molecular flexibility index (Phi) is 3.23. The minimum atomic E-state index is -0.909. The van der Waals surface area contributed by atoms with Gasteiger partial charge in [0.2, 0.25) is 0 Å². The molecule has 1 aromatic heterocycles. The van der Waals surface area contributed by atoms with Gasteiger partial charge in [-0.3, -0.25) is 14.6 Å². The smallest absolute Gasteiger partial charge is 0.303 e. The number of aliphatic carboxylic acids is 1. The van der Waals surface area contributed by atoms with Crippen molar-refractivity contribution in [3.63, 3.8) is 0 Å². The maximum absolute atomic E-state index is 10.9. The molecule has 0 aliphatic rings. The summed E-state index contributed by atoms with van der Waals surface area (Å²) in [7, 11) is 0. The lowest BCUT2D eigenvalue weighted by atomic mass is 10.00. The highest BCUT2D eigenvalue weighted by Crippen LogP contribution is 2.29. The molecular weight excluding hydrogens is 234 g/mol. The zero-order chi connectivity index (χ0) is 13.1. The van der Waals surface area contributed by atoms with Crippen molar-refractivity contribution >= 4 is 23.2 Å². The molecule has 2 rings (SSSR count). The summed E-state index contributed by atoms with van der Waals surface area (Å²) in [5.74, 6) is -1.08. The first-order chi connectivity index (χ1) is 8.63. The van der Waals surface area contributed by atoms with Crippen LogP contribution in [0.15, 0.2) is 24.4 Å². The third-order valence-electron chi connectivity index (χ3n) is 2.72. The number of carbonyl (C=O) groups is 2. The number of phenols is 1. The molecule has 92 valence electrons. The van der Waals surface area contributed by atoms with Gasteiger partial charge in [0.15, 0.2) is 12.0 Å². The van der Waals surface area contributed by atoms with E-state index in [9.17, 15) is 14.7 Å². The quantitative estimate of drug-likeness (QED) is 0.801. The summed E-state index contributed by atoms with van der Waals surface area (Å²) in [5, 5.41) is 19.2. The topological polar surface area (TPSA) is 87.5 Å². The van der Waals surface area contributed by atoms with E-state index in [2.05, 4.69) is 4.98 Å². The zero-order valence-electron chi connectivity index (χ0n) is 9.46. The Balaban J connectivity index is 2.60. The predicted molar refractivity (Wildman–Crippen MR) is 64.8 cm³/mol. The van der Waals surface area contributed by atoms with Crippen LogP contribution < -0.4 is 0 Å². The van der Waals surface area contributed by atoms with E-state index in [1.54, 1.807) is 12.1 Å². The number of aromatic nitrogens is 1. The highest BCUT2D eigenvalue weighted by molar-refractivity contribution is 5.95. The van der Waals surface area contributed by atoms with Gasteiger partial charge < -0.3 is 10.2 Å². The van der Waals surface area contributed by atoms with Crippen LogP contribution in [0.2, 0.25) is 0 Å². The number of aryl methyl sites for hydroxylation is 1. The van der Waals surface area contributed by atoms with Gasteiger partial charge in [-0.1, -0.05) is 6.07 Å². The third-order valence-corrected chi connectivity index (χ3v) is 2.72. The van der Waals surface area contributed by atoms with Crippen molar-refractivity contribution in [1.82, 2.24) is 4.98 Å². The minimum Gasteiger partial charge on any atom is -0.505 e. The lowest BCUT2D eigenvalue weighted by molar-refractivity contribution is -0.136. The third kappa shape index (κ3) is 2.15. The lowest BCUT2D eigenvalue weighted by Gasteiger charge is -2.08. The van der Waals surface area contributed by atoms with Crippen LogP contribution in [0, 0.1) is 0 Å². The normalized spacial score (nSPS) is 10.4. The van der Waals surface area contributed by atoms with E-state index in [1.807, 2.05) is 0 Å². The highest BCUT2D eigenvalue weighted by Gasteiger charge is 2.12. The maximum Gasteiger partial charge on any atom is 0.303 e. The standard InChI is InChI=1S/C13H11NO4/c15-7-9-6-8(3-4-11(16)17)10-2-1-5-14-12(10)13(9)18/h1-2,5-7,18H,3-4H2,(H,16,17). The van der Waals surface area contributed by atoms with Crippen molar-refractivity contribution < 1.29 is 19.8 Å². The number of phenolic OH excluding ortho intramolecular Hbond substituents is 1. The number of aldehydes is 1. The maximum atomic E-state index is 10.9. The van der Waals surface area contributed by atoms with Crippen LogP contribution in [0.5, 0.6) is 5.75 Å². The van der Waals surface area contributed by atoms with E-state index in [4.69, 9.17) is 5.11 Å². The Bertz CT molecular complexity index is 622. The predicted octanol–water partition coefficient (Wildman–Crippen LogP) is 1.77. The number of fused-ring (bicyclic) bond motifs is 1. The fourth-order valence-electron chi connectivity index (χ4n) is 1.86. The average molecular weight is 245 g/mol. The molecule has 1 aromatic carbocycles. The van der Waals surface area contributed by atoms with Crippen LogP contribution in [0.4, 0.5) is 0 Å². The molecule has 18 heavy (non-hydrogen) atoms. The summed E-state index contributed by atoms with van der Waals surface area (Å²) in [5.41, 5.74) is 1.14. The van der Waals surface area contributed by atoms with E-state index in [0.717, 1.165) is 0 Å². The van der Waals surface area contributed by atoms with E-state index >= 15 is 0 Å². The van der Waals surface area contributed by atoms with Crippen molar-refractivity contribution in [2.75, 3.05) is 0 Å². The van der Waals surface area contributed by atoms with Crippen molar-refractivity contribution in [1.29, 1.82) is 0 Å². The molecule has 1 heterocycles. The van der Waals surface area contributed by atoms with E-state index in [-0.39, 0.29) is 17.7 Å².